The number of benzene rings is 1. The molecule has 1 aromatic carbocycles. The lowest BCUT2D eigenvalue weighted by Crippen LogP contribution is -2.45. The van der Waals surface area contributed by atoms with Gasteiger partial charge in [-0.2, -0.15) is 0 Å². The maximum Gasteiger partial charge on any atom is 0.146 e. The molecule has 0 saturated heterocycles. The lowest BCUT2D eigenvalue weighted by molar-refractivity contribution is 0.116. The Labute approximate surface area is 120 Å². The minimum Gasteiger partial charge on any atom is -0.487 e. The molecule has 1 saturated carbocycles. The van der Waals surface area contributed by atoms with E-state index in [1.165, 1.54) is 19.3 Å². The Kier molecular flexibility index (Phi) is 4.16. The van der Waals surface area contributed by atoms with Crippen LogP contribution < -0.4 is 10.1 Å². The Morgan fingerprint density at radius 2 is 2.05 bits per heavy atom. The van der Waals surface area contributed by atoms with Crippen LogP contribution in [0.2, 0.25) is 0 Å². The zero-order chi connectivity index (χ0) is 13.8. The van der Waals surface area contributed by atoms with Crippen LogP contribution >= 0.6 is 0 Å². The summed E-state index contributed by atoms with van der Waals surface area (Å²) in [4.78, 5) is 4.47. The normalized spacial score (nSPS) is 22.9. The summed E-state index contributed by atoms with van der Waals surface area (Å²) < 4.78 is 6.31. The summed E-state index contributed by atoms with van der Waals surface area (Å²) in [5.41, 5.74) is 0.968. The molecule has 3 nitrogen and oxygen atoms in total. The van der Waals surface area contributed by atoms with Gasteiger partial charge in [0.1, 0.15) is 17.4 Å². The van der Waals surface area contributed by atoms with Gasteiger partial charge in [-0.05, 0) is 37.9 Å². The van der Waals surface area contributed by atoms with Crippen molar-refractivity contribution in [1.82, 2.24) is 10.3 Å². The lowest BCUT2D eigenvalue weighted by Gasteiger charge is -2.32. The minimum atomic E-state index is 0.260. The number of aromatic nitrogens is 1. The molecule has 3 rings (SSSR count). The van der Waals surface area contributed by atoms with Gasteiger partial charge < -0.3 is 10.1 Å². The first-order chi connectivity index (χ1) is 9.88. The van der Waals surface area contributed by atoms with Gasteiger partial charge in [0.05, 0.1) is 0 Å². The highest BCUT2D eigenvalue weighted by molar-refractivity contribution is 5.84. The Balaban J connectivity index is 1.84. The van der Waals surface area contributed by atoms with Crippen LogP contribution in [0.3, 0.4) is 0 Å². The summed E-state index contributed by atoms with van der Waals surface area (Å²) in [5, 5.41) is 4.70. The van der Waals surface area contributed by atoms with Crippen LogP contribution in [-0.2, 0) is 0 Å². The van der Waals surface area contributed by atoms with Crippen molar-refractivity contribution in [1.29, 1.82) is 0 Å². The fourth-order valence-electron chi connectivity index (χ4n) is 3.07. The molecular weight excluding hydrogens is 248 g/mol. The predicted molar refractivity (Wildman–Crippen MR) is 82.1 cm³/mol. The highest BCUT2D eigenvalue weighted by Gasteiger charge is 2.26. The minimum absolute atomic E-state index is 0.260. The molecule has 0 bridgehead atoms. The predicted octanol–water partition coefficient (Wildman–Crippen LogP) is 3.53. The van der Waals surface area contributed by atoms with E-state index >= 15 is 0 Å². The average Bonchev–Trinajstić information content (AvgIpc) is 2.50. The SMILES string of the molecule is CCNC1CCCCC1Oc1cccc2cccnc12. The summed E-state index contributed by atoms with van der Waals surface area (Å²) in [6.07, 6.45) is 6.97. The average molecular weight is 270 g/mol. The van der Waals surface area contributed by atoms with Gasteiger partial charge in [-0.15, -0.1) is 0 Å². The second kappa shape index (κ2) is 6.23. The zero-order valence-corrected chi connectivity index (χ0v) is 12.0. The first-order valence-corrected chi connectivity index (χ1v) is 7.62. The van der Waals surface area contributed by atoms with Crippen LogP contribution in [-0.4, -0.2) is 23.7 Å². The van der Waals surface area contributed by atoms with Gasteiger partial charge in [0.25, 0.3) is 0 Å². The second-order valence-electron chi connectivity index (χ2n) is 5.44. The summed E-state index contributed by atoms with van der Waals surface area (Å²) in [5.74, 6) is 0.915. The van der Waals surface area contributed by atoms with E-state index < -0.39 is 0 Å². The van der Waals surface area contributed by atoms with E-state index in [2.05, 4.69) is 29.4 Å². The van der Waals surface area contributed by atoms with E-state index in [9.17, 15) is 0 Å². The number of rotatable bonds is 4. The fraction of sp³-hybridized carbons (Fsp3) is 0.471. The van der Waals surface area contributed by atoms with Crippen molar-refractivity contribution in [2.24, 2.45) is 0 Å². The summed E-state index contributed by atoms with van der Waals surface area (Å²) >= 11 is 0. The van der Waals surface area contributed by atoms with Gasteiger partial charge in [-0.25, -0.2) is 0 Å². The Bertz CT molecular complexity index is 562. The largest absolute Gasteiger partial charge is 0.487 e. The first-order valence-electron chi connectivity index (χ1n) is 7.62. The number of nitrogens with zero attached hydrogens (tertiary/aromatic N) is 1. The molecule has 1 aromatic heterocycles. The number of hydrogen-bond donors (Lipinski definition) is 1. The molecule has 1 N–H and O–H groups in total. The molecular formula is C17H22N2O. The van der Waals surface area contributed by atoms with Gasteiger partial charge in [-0.3, -0.25) is 4.98 Å². The number of nitrogens with one attached hydrogen (secondary N) is 1. The molecule has 0 radical (unpaired) electrons. The molecule has 1 heterocycles. The van der Waals surface area contributed by atoms with E-state index in [0.717, 1.165) is 29.6 Å². The summed E-state index contributed by atoms with van der Waals surface area (Å²) in [7, 11) is 0. The van der Waals surface area contributed by atoms with E-state index in [1.807, 2.05) is 24.4 Å². The summed E-state index contributed by atoms with van der Waals surface area (Å²) in [6, 6.07) is 10.7. The molecule has 20 heavy (non-hydrogen) atoms. The molecule has 1 aliphatic carbocycles. The number of para-hydroxylation sites is 1. The van der Waals surface area contributed by atoms with Crippen LogP contribution in [0, 0.1) is 0 Å². The van der Waals surface area contributed by atoms with Gasteiger partial charge in [0.15, 0.2) is 0 Å². The van der Waals surface area contributed by atoms with Crippen LogP contribution in [0.4, 0.5) is 0 Å². The molecule has 0 spiro atoms. The molecule has 2 aromatic rings. The van der Waals surface area contributed by atoms with Crippen LogP contribution in [0.5, 0.6) is 5.75 Å². The van der Waals surface area contributed by atoms with Crippen molar-refractivity contribution >= 4 is 10.9 Å². The third-order valence-electron chi connectivity index (χ3n) is 4.04. The van der Waals surface area contributed by atoms with Crippen LogP contribution in [0.1, 0.15) is 32.6 Å². The van der Waals surface area contributed by atoms with Crippen LogP contribution in [0.15, 0.2) is 36.5 Å². The van der Waals surface area contributed by atoms with Crippen molar-refractivity contribution in [3.63, 3.8) is 0 Å². The first kappa shape index (κ1) is 13.4. The van der Waals surface area contributed by atoms with E-state index in [4.69, 9.17) is 4.74 Å². The zero-order valence-electron chi connectivity index (χ0n) is 12.0. The molecule has 0 amide bonds. The molecule has 3 heteroatoms. The standard InChI is InChI=1S/C17H22N2O/c1-2-18-14-9-3-4-10-15(14)20-16-11-5-7-13-8-6-12-19-17(13)16/h5-8,11-12,14-15,18H,2-4,9-10H2,1H3. The highest BCUT2D eigenvalue weighted by Crippen LogP contribution is 2.28. The molecule has 1 aliphatic rings. The molecule has 2 atom stereocenters. The van der Waals surface area contributed by atoms with Crippen molar-refractivity contribution in [3.05, 3.63) is 36.5 Å². The van der Waals surface area contributed by atoms with Gasteiger partial charge in [0, 0.05) is 17.6 Å². The van der Waals surface area contributed by atoms with Crippen molar-refractivity contribution in [3.8, 4) is 5.75 Å². The molecule has 0 aliphatic heterocycles. The maximum atomic E-state index is 6.31. The van der Waals surface area contributed by atoms with Crippen molar-refractivity contribution in [2.75, 3.05) is 6.54 Å². The Hall–Kier alpha value is -1.61. The number of ether oxygens (including phenoxy) is 1. The third kappa shape index (κ3) is 2.78. The van der Waals surface area contributed by atoms with Crippen LogP contribution in [0.25, 0.3) is 10.9 Å². The lowest BCUT2D eigenvalue weighted by atomic mass is 9.92. The van der Waals surface area contributed by atoms with Crippen molar-refractivity contribution in [2.45, 2.75) is 44.8 Å². The van der Waals surface area contributed by atoms with E-state index in [-0.39, 0.29) is 6.10 Å². The monoisotopic (exact) mass is 270 g/mol. The fourth-order valence-corrected chi connectivity index (χ4v) is 3.07. The van der Waals surface area contributed by atoms with E-state index in [0.29, 0.717) is 6.04 Å². The van der Waals surface area contributed by atoms with Gasteiger partial charge >= 0.3 is 0 Å². The number of fused-ring (bicyclic) bond motifs is 1. The van der Waals surface area contributed by atoms with E-state index in [1.54, 1.807) is 0 Å². The molecule has 1 fully saturated rings. The Morgan fingerprint density at radius 1 is 1.20 bits per heavy atom. The third-order valence-corrected chi connectivity index (χ3v) is 4.04. The van der Waals surface area contributed by atoms with Gasteiger partial charge in [0.2, 0.25) is 0 Å². The Morgan fingerprint density at radius 3 is 2.95 bits per heavy atom. The quantitative estimate of drug-likeness (QED) is 0.922. The topological polar surface area (TPSA) is 34.1 Å². The summed E-state index contributed by atoms with van der Waals surface area (Å²) in [6.45, 7) is 3.16. The smallest absolute Gasteiger partial charge is 0.146 e. The number of likely N-dealkylation sites (N-methyl/N-ethyl adjacent to an activating group) is 1. The second-order valence-corrected chi connectivity index (χ2v) is 5.44. The molecule has 106 valence electrons. The van der Waals surface area contributed by atoms with Crippen molar-refractivity contribution < 1.29 is 4.74 Å². The van der Waals surface area contributed by atoms with Gasteiger partial charge in [-0.1, -0.05) is 31.5 Å². The maximum absolute atomic E-state index is 6.31. The molecule has 2 unspecified atom stereocenters. The number of pyridine rings is 1. The highest BCUT2D eigenvalue weighted by atomic mass is 16.5. The number of hydrogen-bond acceptors (Lipinski definition) is 3.